The Morgan fingerprint density at radius 1 is 1.40 bits per heavy atom. The van der Waals surface area contributed by atoms with Crippen molar-refractivity contribution in [3.63, 3.8) is 0 Å². The van der Waals surface area contributed by atoms with Crippen LogP contribution in [-0.4, -0.2) is 37.1 Å². The zero-order chi connectivity index (χ0) is 11.3. The molecule has 0 aromatic carbocycles. The molecule has 0 aliphatic heterocycles. The predicted molar refractivity (Wildman–Crippen MR) is 55.4 cm³/mol. The molecule has 5 heteroatoms. The molecule has 1 saturated carbocycles. The summed E-state index contributed by atoms with van der Waals surface area (Å²) in [7, 11) is 1.58. The first-order valence-corrected chi connectivity index (χ1v) is 5.29. The van der Waals surface area contributed by atoms with Gasteiger partial charge in [-0.2, -0.15) is 0 Å². The monoisotopic (exact) mass is 214 g/mol. The number of carbonyl (C=O) groups excluding carboxylic acids is 1. The minimum absolute atomic E-state index is 0.0696. The fourth-order valence-corrected chi connectivity index (χ4v) is 2.07. The number of rotatable bonds is 5. The fourth-order valence-electron chi connectivity index (χ4n) is 2.07. The van der Waals surface area contributed by atoms with E-state index < -0.39 is 5.97 Å². The Kier molecular flexibility index (Phi) is 4.55. The summed E-state index contributed by atoms with van der Waals surface area (Å²) in [6.45, 7) is 0.879. The highest BCUT2D eigenvalue weighted by Gasteiger charge is 2.32. The Balaban J connectivity index is 2.26. The molecule has 1 aliphatic carbocycles. The first-order chi connectivity index (χ1) is 7.15. The zero-order valence-corrected chi connectivity index (χ0v) is 8.95. The fraction of sp³-hybridized carbons (Fsp3) is 0.800. The summed E-state index contributed by atoms with van der Waals surface area (Å²) >= 11 is 0. The molecule has 0 bridgehead atoms. The van der Waals surface area contributed by atoms with E-state index in [1.165, 1.54) is 0 Å². The van der Waals surface area contributed by atoms with E-state index in [9.17, 15) is 9.59 Å². The topological polar surface area (TPSA) is 78.4 Å². The third-order valence-corrected chi connectivity index (χ3v) is 2.95. The number of likely N-dealkylation sites (N-methyl/N-ethyl adjacent to an activating group) is 1. The van der Waals surface area contributed by atoms with Crippen molar-refractivity contribution >= 4 is 11.9 Å². The summed E-state index contributed by atoms with van der Waals surface area (Å²) in [5.41, 5.74) is 0. The molecule has 15 heavy (non-hydrogen) atoms. The van der Waals surface area contributed by atoms with Crippen molar-refractivity contribution in [2.75, 3.05) is 20.1 Å². The Morgan fingerprint density at radius 3 is 2.73 bits per heavy atom. The van der Waals surface area contributed by atoms with Crippen molar-refractivity contribution in [2.45, 2.75) is 19.3 Å². The zero-order valence-electron chi connectivity index (χ0n) is 8.95. The molecule has 1 amide bonds. The first kappa shape index (κ1) is 12.0. The quantitative estimate of drug-likeness (QED) is 0.593. The van der Waals surface area contributed by atoms with Gasteiger partial charge in [0.15, 0.2) is 0 Å². The van der Waals surface area contributed by atoms with Gasteiger partial charge in [0.25, 0.3) is 0 Å². The minimum Gasteiger partial charge on any atom is -0.481 e. The summed E-state index contributed by atoms with van der Waals surface area (Å²) in [6.07, 6.45) is 2.68. The van der Waals surface area contributed by atoms with Crippen LogP contribution < -0.4 is 10.6 Å². The second kappa shape index (κ2) is 5.70. The van der Waals surface area contributed by atoms with Crippen LogP contribution in [0.15, 0.2) is 0 Å². The number of hydrogen-bond donors (Lipinski definition) is 3. The highest BCUT2D eigenvalue weighted by molar-refractivity contribution is 5.77. The van der Waals surface area contributed by atoms with E-state index >= 15 is 0 Å². The molecular weight excluding hydrogens is 196 g/mol. The lowest BCUT2D eigenvalue weighted by Gasteiger charge is -2.15. The summed E-state index contributed by atoms with van der Waals surface area (Å²) in [6, 6.07) is 0. The number of carbonyl (C=O) groups is 2. The summed E-state index contributed by atoms with van der Waals surface area (Å²) in [5, 5.41) is 14.4. The molecule has 0 aromatic rings. The maximum absolute atomic E-state index is 10.9. The number of hydrogen-bond acceptors (Lipinski definition) is 3. The Labute approximate surface area is 89.2 Å². The molecule has 0 heterocycles. The number of carboxylic acids is 1. The SMILES string of the molecule is CNC(=O)CNCC1CCCC1C(=O)O. The van der Waals surface area contributed by atoms with Crippen LogP contribution in [0.1, 0.15) is 19.3 Å². The highest BCUT2D eigenvalue weighted by Crippen LogP contribution is 2.31. The van der Waals surface area contributed by atoms with Gasteiger partial charge in [0.2, 0.25) is 5.91 Å². The highest BCUT2D eigenvalue weighted by atomic mass is 16.4. The van der Waals surface area contributed by atoms with E-state index in [1.807, 2.05) is 0 Å². The lowest BCUT2D eigenvalue weighted by atomic mass is 9.96. The van der Waals surface area contributed by atoms with Gasteiger partial charge >= 0.3 is 5.97 Å². The van der Waals surface area contributed by atoms with Crippen molar-refractivity contribution in [2.24, 2.45) is 11.8 Å². The van der Waals surface area contributed by atoms with Crippen molar-refractivity contribution in [1.82, 2.24) is 10.6 Å². The van der Waals surface area contributed by atoms with Gasteiger partial charge in [0.05, 0.1) is 12.5 Å². The summed E-state index contributed by atoms with van der Waals surface area (Å²) in [5.74, 6) is -0.839. The number of nitrogens with one attached hydrogen (secondary N) is 2. The molecule has 1 rings (SSSR count). The molecular formula is C10H18N2O3. The van der Waals surface area contributed by atoms with Gasteiger partial charge in [-0.05, 0) is 25.3 Å². The van der Waals surface area contributed by atoms with Crippen LogP contribution in [0.2, 0.25) is 0 Å². The minimum atomic E-state index is -0.709. The first-order valence-electron chi connectivity index (χ1n) is 5.29. The standard InChI is InChI=1S/C10H18N2O3/c1-11-9(13)6-12-5-7-3-2-4-8(7)10(14)15/h7-8,12H,2-6H2,1H3,(H,11,13)(H,14,15). The van der Waals surface area contributed by atoms with Crippen molar-refractivity contribution in [1.29, 1.82) is 0 Å². The Morgan fingerprint density at radius 2 is 2.13 bits per heavy atom. The van der Waals surface area contributed by atoms with Crippen molar-refractivity contribution in [3.05, 3.63) is 0 Å². The molecule has 1 aliphatic rings. The third kappa shape index (κ3) is 3.51. The third-order valence-electron chi connectivity index (χ3n) is 2.95. The maximum atomic E-state index is 10.9. The molecule has 0 radical (unpaired) electrons. The maximum Gasteiger partial charge on any atom is 0.306 e. The predicted octanol–water partition coefficient (Wildman–Crippen LogP) is -0.177. The van der Waals surface area contributed by atoms with Crippen LogP contribution in [0.5, 0.6) is 0 Å². The van der Waals surface area contributed by atoms with E-state index in [0.717, 1.165) is 19.3 Å². The van der Waals surface area contributed by atoms with Crippen LogP contribution in [-0.2, 0) is 9.59 Å². The van der Waals surface area contributed by atoms with Gasteiger partial charge in [0, 0.05) is 7.05 Å². The summed E-state index contributed by atoms with van der Waals surface area (Å²) in [4.78, 5) is 21.8. The average Bonchev–Trinajstić information content (AvgIpc) is 2.65. The molecule has 0 aromatic heterocycles. The molecule has 2 unspecified atom stereocenters. The lowest BCUT2D eigenvalue weighted by Crippen LogP contribution is -2.36. The van der Waals surface area contributed by atoms with E-state index in [4.69, 9.17) is 5.11 Å². The number of amides is 1. The van der Waals surface area contributed by atoms with Gasteiger partial charge in [-0.15, -0.1) is 0 Å². The molecule has 1 fully saturated rings. The van der Waals surface area contributed by atoms with E-state index in [-0.39, 0.29) is 24.3 Å². The Hall–Kier alpha value is -1.10. The van der Waals surface area contributed by atoms with Crippen LogP contribution in [0.4, 0.5) is 0 Å². The molecule has 5 nitrogen and oxygen atoms in total. The number of aliphatic carboxylic acids is 1. The van der Waals surface area contributed by atoms with Crippen LogP contribution in [0.25, 0.3) is 0 Å². The normalized spacial score (nSPS) is 25.1. The van der Waals surface area contributed by atoms with E-state index in [1.54, 1.807) is 7.05 Å². The summed E-state index contributed by atoms with van der Waals surface area (Å²) < 4.78 is 0. The molecule has 86 valence electrons. The van der Waals surface area contributed by atoms with Crippen LogP contribution >= 0.6 is 0 Å². The molecule has 0 saturated heterocycles. The van der Waals surface area contributed by atoms with E-state index in [2.05, 4.69) is 10.6 Å². The number of carboxylic acid groups (broad SMARTS) is 1. The lowest BCUT2D eigenvalue weighted by molar-refractivity contribution is -0.142. The second-order valence-corrected chi connectivity index (χ2v) is 3.94. The van der Waals surface area contributed by atoms with Crippen LogP contribution in [0, 0.1) is 11.8 Å². The van der Waals surface area contributed by atoms with Crippen molar-refractivity contribution in [3.8, 4) is 0 Å². The van der Waals surface area contributed by atoms with Gasteiger partial charge in [-0.1, -0.05) is 6.42 Å². The smallest absolute Gasteiger partial charge is 0.306 e. The Bertz CT molecular complexity index is 243. The van der Waals surface area contributed by atoms with Crippen LogP contribution in [0.3, 0.4) is 0 Å². The average molecular weight is 214 g/mol. The van der Waals surface area contributed by atoms with Gasteiger partial charge in [-0.3, -0.25) is 9.59 Å². The molecule has 3 N–H and O–H groups in total. The molecule has 0 spiro atoms. The van der Waals surface area contributed by atoms with Gasteiger partial charge < -0.3 is 15.7 Å². The second-order valence-electron chi connectivity index (χ2n) is 3.94. The van der Waals surface area contributed by atoms with E-state index in [0.29, 0.717) is 6.54 Å². The van der Waals surface area contributed by atoms with Gasteiger partial charge in [-0.25, -0.2) is 0 Å². The molecule has 2 atom stereocenters. The largest absolute Gasteiger partial charge is 0.481 e. The van der Waals surface area contributed by atoms with Gasteiger partial charge in [0.1, 0.15) is 0 Å². The van der Waals surface area contributed by atoms with Crippen molar-refractivity contribution < 1.29 is 14.7 Å².